The molecule has 156 valence electrons. The van der Waals surface area contributed by atoms with Gasteiger partial charge in [0.05, 0.1) is 19.0 Å². The molecule has 30 heavy (non-hydrogen) atoms. The number of aromatic nitrogens is 6. The summed E-state index contributed by atoms with van der Waals surface area (Å²) in [5.41, 5.74) is 3.13. The zero-order chi connectivity index (χ0) is 20.9. The van der Waals surface area contributed by atoms with E-state index in [0.29, 0.717) is 0 Å². The van der Waals surface area contributed by atoms with Crippen molar-refractivity contribution in [3.63, 3.8) is 0 Å². The molecule has 0 N–H and O–H groups in total. The van der Waals surface area contributed by atoms with E-state index in [1.54, 1.807) is 34.9 Å². The fourth-order valence-electron chi connectivity index (χ4n) is 3.04. The number of methoxy groups -OCH3 is 1. The predicted molar refractivity (Wildman–Crippen MR) is 121 cm³/mol. The van der Waals surface area contributed by atoms with Gasteiger partial charge in [-0.2, -0.15) is 5.10 Å². The van der Waals surface area contributed by atoms with Crippen molar-refractivity contribution in [1.82, 2.24) is 29.5 Å². The molecule has 3 aromatic heterocycles. The average Bonchev–Trinajstić information content (AvgIpc) is 3.50. The van der Waals surface area contributed by atoms with Crippen LogP contribution in [0.3, 0.4) is 0 Å². The van der Waals surface area contributed by atoms with E-state index in [0.717, 1.165) is 63.7 Å². The highest BCUT2D eigenvalue weighted by Crippen LogP contribution is 2.30. The Morgan fingerprint density at radius 3 is 2.67 bits per heavy atom. The summed E-state index contributed by atoms with van der Waals surface area (Å²) < 4.78 is 9.28. The van der Waals surface area contributed by atoms with Crippen LogP contribution in [-0.4, -0.2) is 36.6 Å². The molecule has 0 saturated carbocycles. The number of benzene rings is 1. The van der Waals surface area contributed by atoms with E-state index in [4.69, 9.17) is 9.72 Å². The van der Waals surface area contributed by atoms with Crippen LogP contribution >= 0.6 is 23.1 Å². The fraction of sp³-hybridized carbons (Fsp3) is 0.333. The molecule has 0 aliphatic carbocycles. The van der Waals surface area contributed by atoms with Crippen LogP contribution in [0.1, 0.15) is 25.5 Å². The maximum absolute atomic E-state index is 5.27. The highest BCUT2D eigenvalue weighted by atomic mass is 32.2. The average molecular weight is 441 g/mol. The van der Waals surface area contributed by atoms with Crippen molar-refractivity contribution in [3.8, 4) is 27.7 Å². The van der Waals surface area contributed by atoms with Crippen molar-refractivity contribution in [2.75, 3.05) is 7.11 Å². The summed E-state index contributed by atoms with van der Waals surface area (Å²) in [6, 6.07) is 7.97. The van der Waals surface area contributed by atoms with E-state index in [1.807, 2.05) is 43.7 Å². The van der Waals surface area contributed by atoms with Crippen molar-refractivity contribution in [3.05, 3.63) is 47.7 Å². The molecule has 0 fully saturated rings. The molecular weight excluding hydrogens is 416 g/mol. The van der Waals surface area contributed by atoms with E-state index in [2.05, 4.69) is 32.2 Å². The number of aryl methyl sites for hydroxylation is 1. The molecule has 4 aromatic rings. The second kappa shape index (κ2) is 9.44. The van der Waals surface area contributed by atoms with E-state index in [9.17, 15) is 0 Å². The largest absolute Gasteiger partial charge is 0.497 e. The molecule has 0 amide bonds. The van der Waals surface area contributed by atoms with Gasteiger partial charge in [0.15, 0.2) is 11.0 Å². The van der Waals surface area contributed by atoms with E-state index >= 15 is 0 Å². The number of hydrogen-bond acceptors (Lipinski definition) is 7. The lowest BCUT2D eigenvalue weighted by molar-refractivity contribution is 0.415. The molecule has 0 radical (unpaired) electrons. The Morgan fingerprint density at radius 2 is 1.97 bits per heavy atom. The SMILES string of the molecule is CCCCn1c(SCc2csc(-c3cnn(C)c3)n2)nnc1-c1ccc(OC)cc1. The topological polar surface area (TPSA) is 70.7 Å². The second-order valence-corrected chi connectivity index (χ2v) is 8.68. The molecule has 0 saturated heterocycles. The van der Waals surface area contributed by atoms with E-state index in [1.165, 1.54) is 0 Å². The number of unbranched alkanes of at least 4 members (excludes halogenated alkanes) is 1. The van der Waals surface area contributed by atoms with Gasteiger partial charge in [0.25, 0.3) is 0 Å². The summed E-state index contributed by atoms with van der Waals surface area (Å²) in [6.45, 7) is 3.09. The van der Waals surface area contributed by atoms with Crippen LogP contribution in [0.5, 0.6) is 5.75 Å². The van der Waals surface area contributed by atoms with Gasteiger partial charge in [-0.1, -0.05) is 25.1 Å². The Kier molecular flexibility index (Phi) is 6.49. The Morgan fingerprint density at radius 1 is 1.13 bits per heavy atom. The highest BCUT2D eigenvalue weighted by molar-refractivity contribution is 7.98. The highest BCUT2D eigenvalue weighted by Gasteiger charge is 2.15. The fourth-order valence-corrected chi connectivity index (χ4v) is 4.80. The third-order valence-corrected chi connectivity index (χ3v) is 6.59. The normalized spacial score (nSPS) is 11.2. The van der Waals surface area contributed by atoms with Crippen molar-refractivity contribution in [2.24, 2.45) is 7.05 Å². The van der Waals surface area contributed by atoms with Crippen molar-refractivity contribution in [2.45, 2.75) is 37.2 Å². The molecule has 0 bridgehead atoms. The summed E-state index contributed by atoms with van der Waals surface area (Å²) in [7, 11) is 3.59. The third kappa shape index (κ3) is 4.57. The number of ether oxygens (including phenoxy) is 1. The first-order valence-electron chi connectivity index (χ1n) is 9.81. The van der Waals surface area contributed by atoms with Gasteiger partial charge in [-0.05, 0) is 30.7 Å². The molecule has 0 spiro atoms. The van der Waals surface area contributed by atoms with Crippen LogP contribution in [0.25, 0.3) is 22.0 Å². The van der Waals surface area contributed by atoms with Gasteiger partial charge in [-0.25, -0.2) is 4.98 Å². The minimum atomic E-state index is 0.754. The third-order valence-electron chi connectivity index (χ3n) is 4.65. The van der Waals surface area contributed by atoms with Gasteiger partial charge in [0, 0.05) is 42.0 Å². The van der Waals surface area contributed by atoms with Gasteiger partial charge in [-0.15, -0.1) is 21.5 Å². The molecule has 0 aliphatic heterocycles. The molecule has 1 aromatic carbocycles. The summed E-state index contributed by atoms with van der Waals surface area (Å²) in [5.74, 6) is 2.48. The quantitative estimate of drug-likeness (QED) is 0.345. The zero-order valence-electron chi connectivity index (χ0n) is 17.3. The number of hydrogen-bond donors (Lipinski definition) is 0. The van der Waals surface area contributed by atoms with E-state index in [-0.39, 0.29) is 0 Å². The van der Waals surface area contributed by atoms with Crippen LogP contribution in [0, 0.1) is 0 Å². The maximum atomic E-state index is 5.27. The molecule has 3 heterocycles. The summed E-state index contributed by atoms with van der Waals surface area (Å²) in [5, 5.41) is 17.2. The number of rotatable bonds is 9. The van der Waals surface area contributed by atoms with Crippen LogP contribution in [0.2, 0.25) is 0 Å². The Hall–Kier alpha value is -2.65. The summed E-state index contributed by atoms with van der Waals surface area (Å²) in [4.78, 5) is 4.76. The van der Waals surface area contributed by atoms with Gasteiger partial charge >= 0.3 is 0 Å². The molecule has 0 aliphatic rings. The first-order chi connectivity index (χ1) is 14.7. The Balaban J connectivity index is 1.52. The van der Waals surface area contributed by atoms with Crippen molar-refractivity contribution < 1.29 is 4.74 Å². The molecule has 9 heteroatoms. The predicted octanol–water partition coefficient (Wildman–Crippen LogP) is 4.90. The Bertz CT molecular complexity index is 1100. The standard InChI is InChI=1S/C21H24N6OS2/c1-4-5-10-27-19(15-6-8-18(28-3)9-7-15)24-25-21(27)30-14-17-13-29-20(23-17)16-11-22-26(2)12-16/h6-9,11-13H,4-5,10,14H2,1-3H3. The lowest BCUT2D eigenvalue weighted by atomic mass is 10.2. The van der Waals surface area contributed by atoms with E-state index < -0.39 is 0 Å². The molecule has 7 nitrogen and oxygen atoms in total. The van der Waals surface area contributed by atoms with Gasteiger partial charge in [-0.3, -0.25) is 4.68 Å². The van der Waals surface area contributed by atoms with Crippen LogP contribution < -0.4 is 4.74 Å². The lowest BCUT2D eigenvalue weighted by Crippen LogP contribution is -2.02. The minimum Gasteiger partial charge on any atom is -0.497 e. The number of thiazole rings is 1. The van der Waals surface area contributed by atoms with Crippen molar-refractivity contribution >= 4 is 23.1 Å². The van der Waals surface area contributed by atoms with Crippen LogP contribution in [-0.2, 0) is 19.3 Å². The second-order valence-electron chi connectivity index (χ2n) is 6.88. The number of nitrogens with zero attached hydrogens (tertiary/aromatic N) is 6. The first kappa shape index (κ1) is 20.6. The van der Waals surface area contributed by atoms with Gasteiger partial charge < -0.3 is 9.30 Å². The molecule has 0 unspecified atom stereocenters. The molecule has 4 rings (SSSR count). The maximum Gasteiger partial charge on any atom is 0.191 e. The lowest BCUT2D eigenvalue weighted by Gasteiger charge is -2.09. The van der Waals surface area contributed by atoms with Crippen molar-refractivity contribution in [1.29, 1.82) is 0 Å². The smallest absolute Gasteiger partial charge is 0.191 e. The van der Waals surface area contributed by atoms with Gasteiger partial charge in [0.2, 0.25) is 0 Å². The summed E-state index contributed by atoms with van der Waals surface area (Å²) in [6.07, 6.45) is 6.03. The summed E-state index contributed by atoms with van der Waals surface area (Å²) >= 11 is 3.32. The number of thioether (sulfide) groups is 1. The minimum absolute atomic E-state index is 0.754. The first-order valence-corrected chi connectivity index (χ1v) is 11.7. The molecular formula is C21H24N6OS2. The molecule has 0 atom stereocenters. The van der Waals surface area contributed by atoms with Crippen LogP contribution in [0.15, 0.2) is 47.2 Å². The monoisotopic (exact) mass is 440 g/mol. The zero-order valence-corrected chi connectivity index (χ0v) is 18.9. The van der Waals surface area contributed by atoms with Gasteiger partial charge in [0.1, 0.15) is 10.8 Å². The van der Waals surface area contributed by atoms with Crippen LogP contribution in [0.4, 0.5) is 0 Å². The Labute approximate surface area is 184 Å².